The van der Waals surface area contributed by atoms with Gasteiger partial charge in [-0.15, -0.1) is 6.58 Å². The fourth-order valence-electron chi connectivity index (χ4n) is 2.53. The van der Waals surface area contributed by atoms with Crippen molar-refractivity contribution in [2.45, 2.75) is 32.6 Å². The molecular weight excluding hydrogens is 132 g/mol. The minimum atomic E-state index is 0.750. The van der Waals surface area contributed by atoms with Crippen LogP contribution in [0.15, 0.2) is 23.8 Å². The summed E-state index contributed by atoms with van der Waals surface area (Å²) in [7, 11) is 0. The summed E-state index contributed by atoms with van der Waals surface area (Å²) in [6.45, 7) is 6.14. The first-order valence-corrected chi connectivity index (χ1v) is 4.73. The molecule has 2 atom stereocenters. The Labute approximate surface area is 69.0 Å². The molecule has 0 saturated carbocycles. The Balaban J connectivity index is 1.97. The molecule has 0 radical (unpaired) electrons. The van der Waals surface area contributed by atoms with Crippen molar-refractivity contribution in [2.75, 3.05) is 0 Å². The molecule has 2 aliphatic carbocycles. The van der Waals surface area contributed by atoms with Crippen LogP contribution in [0.2, 0.25) is 0 Å². The van der Waals surface area contributed by atoms with E-state index in [9.17, 15) is 0 Å². The van der Waals surface area contributed by atoms with E-state index in [0.717, 1.165) is 11.8 Å². The van der Waals surface area contributed by atoms with E-state index in [2.05, 4.69) is 19.6 Å². The third-order valence-electron chi connectivity index (χ3n) is 3.07. The van der Waals surface area contributed by atoms with Gasteiger partial charge >= 0.3 is 0 Å². The van der Waals surface area contributed by atoms with Gasteiger partial charge in [0, 0.05) is 5.92 Å². The molecule has 11 heavy (non-hydrogen) atoms. The molecular formula is C11H16. The highest BCUT2D eigenvalue weighted by molar-refractivity contribution is 5.50. The Bertz CT molecular complexity index is 210. The van der Waals surface area contributed by atoms with E-state index in [4.69, 9.17) is 0 Å². The van der Waals surface area contributed by atoms with Crippen LogP contribution in [0.3, 0.4) is 0 Å². The third-order valence-corrected chi connectivity index (χ3v) is 3.07. The molecule has 2 aliphatic rings. The van der Waals surface area contributed by atoms with E-state index in [1.807, 2.05) is 0 Å². The topological polar surface area (TPSA) is 0 Å². The normalized spacial score (nSPS) is 33.9. The first-order chi connectivity index (χ1) is 5.38. The van der Waals surface area contributed by atoms with Crippen molar-refractivity contribution in [1.29, 1.82) is 0 Å². The Hall–Kier alpha value is -0.520. The Morgan fingerprint density at radius 1 is 1.64 bits per heavy atom. The largest absolute Gasteiger partial charge is 0.102 e. The maximum Gasteiger partial charge on any atom is 0.0193 e. The number of rotatable bonds is 3. The minimum absolute atomic E-state index is 0.750. The lowest BCUT2D eigenvalue weighted by Gasteiger charge is -2.12. The van der Waals surface area contributed by atoms with Crippen LogP contribution in [-0.4, -0.2) is 0 Å². The second-order valence-corrected chi connectivity index (χ2v) is 3.72. The van der Waals surface area contributed by atoms with Crippen LogP contribution in [-0.2, 0) is 0 Å². The Morgan fingerprint density at radius 2 is 2.45 bits per heavy atom. The van der Waals surface area contributed by atoms with Crippen LogP contribution >= 0.6 is 0 Å². The van der Waals surface area contributed by atoms with Crippen LogP contribution in [0.4, 0.5) is 0 Å². The Kier molecular flexibility index (Phi) is 1.63. The van der Waals surface area contributed by atoms with Gasteiger partial charge in [0.25, 0.3) is 0 Å². The maximum atomic E-state index is 3.86. The quantitative estimate of drug-likeness (QED) is 0.539. The molecule has 2 rings (SSSR count). The van der Waals surface area contributed by atoms with Gasteiger partial charge in [-0.1, -0.05) is 30.6 Å². The fraction of sp³-hybridized carbons (Fsp3) is 0.636. The van der Waals surface area contributed by atoms with Gasteiger partial charge < -0.3 is 0 Å². The highest BCUT2D eigenvalue weighted by Gasteiger charge is 2.42. The molecule has 0 nitrogen and oxygen atoms in total. The van der Waals surface area contributed by atoms with Crippen molar-refractivity contribution < 1.29 is 0 Å². The van der Waals surface area contributed by atoms with Crippen LogP contribution in [0.25, 0.3) is 0 Å². The molecule has 0 bridgehead atoms. The molecule has 60 valence electrons. The van der Waals surface area contributed by atoms with Gasteiger partial charge in [-0.2, -0.15) is 0 Å². The van der Waals surface area contributed by atoms with E-state index in [-0.39, 0.29) is 0 Å². The van der Waals surface area contributed by atoms with Crippen molar-refractivity contribution in [2.24, 2.45) is 11.8 Å². The SMILES string of the molecule is C=CC1C2=C1C(CCC)CC2. The average Bonchev–Trinajstić information content (AvgIpc) is 2.59. The monoisotopic (exact) mass is 148 g/mol. The highest BCUT2D eigenvalue weighted by Crippen LogP contribution is 2.56. The summed E-state index contributed by atoms with van der Waals surface area (Å²) in [6, 6.07) is 0. The van der Waals surface area contributed by atoms with Crippen molar-refractivity contribution in [3.63, 3.8) is 0 Å². The number of allylic oxidation sites excluding steroid dienone is 3. The zero-order valence-corrected chi connectivity index (χ0v) is 7.27. The summed E-state index contributed by atoms with van der Waals surface area (Å²) >= 11 is 0. The van der Waals surface area contributed by atoms with E-state index in [1.165, 1.54) is 25.7 Å². The first kappa shape index (κ1) is 7.15. The minimum Gasteiger partial charge on any atom is -0.102 e. The van der Waals surface area contributed by atoms with Gasteiger partial charge in [0.1, 0.15) is 0 Å². The lowest BCUT2D eigenvalue weighted by molar-refractivity contribution is 0.517. The fourth-order valence-corrected chi connectivity index (χ4v) is 2.53. The lowest BCUT2D eigenvalue weighted by Crippen LogP contribution is -2.00. The molecule has 0 saturated heterocycles. The van der Waals surface area contributed by atoms with Gasteiger partial charge in [-0.05, 0) is 25.2 Å². The molecule has 0 heteroatoms. The molecule has 0 aromatic rings. The standard InChI is InChI=1S/C11H16/c1-3-5-8-6-7-10-9(4-2)11(8)10/h4,8-9H,2-3,5-7H2,1H3. The molecule has 0 aromatic carbocycles. The van der Waals surface area contributed by atoms with E-state index in [0.29, 0.717) is 0 Å². The van der Waals surface area contributed by atoms with E-state index >= 15 is 0 Å². The summed E-state index contributed by atoms with van der Waals surface area (Å²) in [6.07, 6.45) is 7.67. The number of hydrogen-bond donors (Lipinski definition) is 0. The van der Waals surface area contributed by atoms with Crippen LogP contribution in [0.1, 0.15) is 32.6 Å². The summed E-state index contributed by atoms with van der Waals surface area (Å²) in [4.78, 5) is 0. The molecule has 0 spiro atoms. The van der Waals surface area contributed by atoms with E-state index in [1.54, 1.807) is 11.1 Å². The van der Waals surface area contributed by atoms with Gasteiger partial charge in [0.05, 0.1) is 0 Å². The van der Waals surface area contributed by atoms with Crippen molar-refractivity contribution >= 4 is 0 Å². The molecule has 0 aliphatic heterocycles. The summed E-state index contributed by atoms with van der Waals surface area (Å²) in [5, 5.41) is 0. The number of hydrogen-bond acceptors (Lipinski definition) is 0. The average molecular weight is 148 g/mol. The lowest BCUT2D eigenvalue weighted by atomic mass is 9.93. The van der Waals surface area contributed by atoms with Crippen LogP contribution in [0, 0.1) is 11.8 Å². The molecule has 0 amide bonds. The van der Waals surface area contributed by atoms with Crippen molar-refractivity contribution in [3.05, 3.63) is 23.8 Å². The smallest absolute Gasteiger partial charge is 0.0193 e. The second-order valence-electron chi connectivity index (χ2n) is 3.72. The van der Waals surface area contributed by atoms with Gasteiger partial charge in [-0.25, -0.2) is 0 Å². The Morgan fingerprint density at radius 3 is 3.00 bits per heavy atom. The second kappa shape index (κ2) is 2.51. The van der Waals surface area contributed by atoms with Crippen molar-refractivity contribution in [3.8, 4) is 0 Å². The van der Waals surface area contributed by atoms with Crippen LogP contribution < -0.4 is 0 Å². The zero-order chi connectivity index (χ0) is 7.84. The maximum absolute atomic E-state index is 3.86. The molecule has 2 unspecified atom stereocenters. The van der Waals surface area contributed by atoms with Gasteiger partial charge in [0.15, 0.2) is 0 Å². The van der Waals surface area contributed by atoms with E-state index < -0.39 is 0 Å². The summed E-state index contributed by atoms with van der Waals surface area (Å²) in [5.41, 5.74) is 3.50. The van der Waals surface area contributed by atoms with Gasteiger partial charge in [0.2, 0.25) is 0 Å². The molecule has 0 N–H and O–H groups in total. The predicted octanol–water partition coefficient (Wildman–Crippen LogP) is 3.31. The highest BCUT2D eigenvalue weighted by atomic mass is 14.5. The molecule has 0 aromatic heterocycles. The third kappa shape index (κ3) is 0.962. The van der Waals surface area contributed by atoms with Crippen molar-refractivity contribution in [1.82, 2.24) is 0 Å². The zero-order valence-electron chi connectivity index (χ0n) is 7.27. The first-order valence-electron chi connectivity index (χ1n) is 4.73. The van der Waals surface area contributed by atoms with Crippen LogP contribution in [0.5, 0.6) is 0 Å². The summed E-state index contributed by atoms with van der Waals surface area (Å²) < 4.78 is 0. The van der Waals surface area contributed by atoms with Gasteiger partial charge in [-0.3, -0.25) is 0 Å². The summed E-state index contributed by atoms with van der Waals surface area (Å²) in [5.74, 6) is 1.69. The predicted molar refractivity (Wildman–Crippen MR) is 48.3 cm³/mol. The molecule has 0 fully saturated rings. The molecule has 0 heterocycles.